The summed E-state index contributed by atoms with van der Waals surface area (Å²) in [4.78, 5) is 27.7. The summed E-state index contributed by atoms with van der Waals surface area (Å²) in [6.45, 7) is 1.10. The molecule has 104 valence electrons. The number of likely N-dealkylation sites (N-methyl/N-ethyl adjacent to an activating group) is 1. The molecule has 7 nitrogen and oxygen atoms in total. The molecule has 0 saturated carbocycles. The third-order valence-corrected chi connectivity index (χ3v) is 2.06. The van der Waals surface area contributed by atoms with Crippen molar-refractivity contribution >= 4 is 37.0 Å². The summed E-state index contributed by atoms with van der Waals surface area (Å²) in [6.07, 6.45) is 0. The smallest absolute Gasteiger partial charge is 0.300 e. The van der Waals surface area contributed by atoms with Crippen molar-refractivity contribution in [1.29, 1.82) is 0 Å². The summed E-state index contributed by atoms with van der Waals surface area (Å²) in [7, 11) is 0.341. The molecule has 0 aliphatic heterocycles. The van der Waals surface area contributed by atoms with Crippen LogP contribution < -0.4 is 4.89 Å². The van der Waals surface area contributed by atoms with Crippen molar-refractivity contribution in [3.63, 3.8) is 0 Å². The number of quaternary nitrogens is 1. The summed E-state index contributed by atoms with van der Waals surface area (Å²) >= 11 is 11.0. The predicted molar refractivity (Wildman–Crippen MR) is 61.6 cm³/mol. The molecule has 10 heteroatoms. The summed E-state index contributed by atoms with van der Waals surface area (Å²) in [5, 5.41) is 7.42. The van der Waals surface area contributed by atoms with Gasteiger partial charge in [0.2, 0.25) is 0 Å². The van der Waals surface area contributed by atoms with Gasteiger partial charge < -0.3 is 19.4 Å². The van der Waals surface area contributed by atoms with E-state index < -0.39 is 18.3 Å². The third-order valence-electron chi connectivity index (χ3n) is 0.907. The van der Waals surface area contributed by atoms with E-state index >= 15 is 0 Å². The third kappa shape index (κ3) is 21.9. The van der Waals surface area contributed by atoms with Crippen LogP contribution in [0.5, 0.6) is 0 Å². The van der Waals surface area contributed by atoms with Gasteiger partial charge in [0.05, 0.1) is 21.1 Å². The number of phosphoric ester groups is 1. The molecule has 0 rings (SSSR count). The largest absolute Gasteiger partial charge is 0.756 e. The maximum absolute atomic E-state index is 10.3. The predicted octanol–water partition coefficient (Wildman–Crippen LogP) is 0.392. The Labute approximate surface area is 110 Å². The Balaban J connectivity index is 0. The standard InChI is InChI=1S/C5H12Cl2NO4P.C2H4O2/c1-8(2,3)4-5(6,7)12-13(9,10)11;1-2(3)4/h4H2,1-3H3,(H-,9,10,11);1H3,(H,3,4). The molecular weight excluding hydrogens is 296 g/mol. The lowest BCUT2D eigenvalue weighted by Crippen LogP contribution is -2.45. The van der Waals surface area contributed by atoms with E-state index in [4.69, 9.17) is 38.0 Å². The molecule has 0 bridgehead atoms. The minimum absolute atomic E-state index is 0.0168. The van der Waals surface area contributed by atoms with Crippen LogP contribution in [0.25, 0.3) is 0 Å². The first-order valence-corrected chi connectivity index (χ1v) is 6.52. The minimum atomic E-state index is -4.90. The van der Waals surface area contributed by atoms with Gasteiger partial charge in [0.25, 0.3) is 18.3 Å². The topological polar surface area (TPSA) is 107 Å². The maximum atomic E-state index is 10.3. The zero-order valence-electron chi connectivity index (χ0n) is 9.88. The molecule has 0 aliphatic carbocycles. The van der Waals surface area contributed by atoms with Crippen molar-refractivity contribution in [2.45, 2.75) is 11.4 Å². The first-order chi connectivity index (χ1) is 7.15. The molecule has 2 N–H and O–H groups in total. The number of halogens is 2. The van der Waals surface area contributed by atoms with Gasteiger partial charge >= 0.3 is 0 Å². The number of nitrogens with zero attached hydrogens (tertiary/aromatic N) is 1. The Morgan fingerprint density at radius 1 is 1.47 bits per heavy atom. The van der Waals surface area contributed by atoms with Gasteiger partial charge in [-0.1, -0.05) is 23.2 Å². The zero-order chi connectivity index (χ0) is 14.5. The van der Waals surface area contributed by atoms with E-state index in [1.165, 1.54) is 0 Å². The second kappa shape index (κ2) is 6.89. The molecule has 0 saturated heterocycles. The highest BCUT2D eigenvalue weighted by molar-refractivity contribution is 7.45. The van der Waals surface area contributed by atoms with Gasteiger partial charge in [-0.05, 0) is 0 Å². The Bertz CT molecular complexity index is 293. The second-order valence-corrected chi connectivity index (χ2v) is 6.70. The van der Waals surface area contributed by atoms with Crippen molar-refractivity contribution in [3.05, 3.63) is 0 Å². The van der Waals surface area contributed by atoms with E-state index in [0.717, 1.165) is 6.92 Å². The Morgan fingerprint density at radius 3 is 1.94 bits per heavy atom. The van der Waals surface area contributed by atoms with Crippen LogP contribution in [0, 0.1) is 0 Å². The molecule has 0 aliphatic rings. The fourth-order valence-electron chi connectivity index (χ4n) is 0.750. The number of carboxylic acids is 1. The van der Waals surface area contributed by atoms with Crippen LogP contribution in [0.15, 0.2) is 0 Å². The van der Waals surface area contributed by atoms with Crippen LogP contribution in [-0.4, -0.2) is 52.7 Å². The van der Waals surface area contributed by atoms with Crippen molar-refractivity contribution in [2.75, 3.05) is 27.7 Å². The highest BCUT2D eigenvalue weighted by Gasteiger charge is 2.35. The number of hydrogen-bond acceptors (Lipinski definition) is 4. The molecule has 0 aromatic carbocycles. The second-order valence-electron chi connectivity index (χ2n) is 4.16. The van der Waals surface area contributed by atoms with Gasteiger partial charge in [-0.25, -0.2) is 0 Å². The van der Waals surface area contributed by atoms with Gasteiger partial charge in [-0.3, -0.25) is 13.9 Å². The lowest BCUT2D eigenvalue weighted by Gasteiger charge is -2.32. The van der Waals surface area contributed by atoms with Crippen molar-refractivity contribution < 1.29 is 33.3 Å². The van der Waals surface area contributed by atoms with Gasteiger partial charge in [0.15, 0.2) is 0 Å². The zero-order valence-corrected chi connectivity index (χ0v) is 12.3. The van der Waals surface area contributed by atoms with Crippen LogP contribution in [-0.2, 0) is 13.9 Å². The number of aliphatic carboxylic acids is 1. The van der Waals surface area contributed by atoms with E-state index in [-0.39, 0.29) is 6.54 Å². The molecule has 0 heterocycles. The van der Waals surface area contributed by atoms with E-state index in [1.54, 1.807) is 21.1 Å². The van der Waals surface area contributed by atoms with Gasteiger partial charge in [-0.2, -0.15) is 0 Å². The Kier molecular flexibility index (Phi) is 7.89. The number of hydrogen-bond donors (Lipinski definition) is 2. The van der Waals surface area contributed by atoms with Crippen molar-refractivity contribution in [2.24, 2.45) is 0 Å². The summed E-state index contributed by atoms with van der Waals surface area (Å²) in [6, 6.07) is 0. The number of rotatable bonds is 4. The highest BCUT2D eigenvalue weighted by Crippen LogP contribution is 2.42. The van der Waals surface area contributed by atoms with E-state index in [9.17, 15) is 9.46 Å². The SMILES string of the molecule is CC(=O)O.C[N+](C)(C)CC(Cl)(Cl)OP(=O)([O-])O. The van der Waals surface area contributed by atoms with Gasteiger partial charge in [0.1, 0.15) is 6.54 Å². The fourth-order valence-corrected chi connectivity index (χ4v) is 2.39. The number of carboxylic acid groups (broad SMARTS) is 1. The van der Waals surface area contributed by atoms with E-state index in [2.05, 4.69) is 4.52 Å². The lowest BCUT2D eigenvalue weighted by molar-refractivity contribution is -0.873. The van der Waals surface area contributed by atoms with Crippen LogP contribution >= 0.6 is 31.0 Å². The van der Waals surface area contributed by atoms with Gasteiger partial charge in [-0.15, -0.1) is 0 Å². The normalized spacial score (nSPS) is 15.5. The lowest BCUT2D eigenvalue weighted by atomic mass is 10.5. The van der Waals surface area contributed by atoms with Crippen molar-refractivity contribution in [3.8, 4) is 0 Å². The van der Waals surface area contributed by atoms with Crippen LogP contribution in [0.1, 0.15) is 6.92 Å². The molecule has 0 radical (unpaired) electrons. The molecular formula is C7H16Cl2NO6P. The van der Waals surface area contributed by atoms with Crippen molar-refractivity contribution in [1.82, 2.24) is 0 Å². The van der Waals surface area contributed by atoms with E-state index in [0.29, 0.717) is 4.48 Å². The summed E-state index contributed by atoms with van der Waals surface area (Å²) < 4.78 is 12.7. The van der Waals surface area contributed by atoms with E-state index in [1.807, 2.05) is 0 Å². The van der Waals surface area contributed by atoms with Gasteiger partial charge in [0, 0.05) is 6.92 Å². The fraction of sp³-hybridized carbons (Fsp3) is 0.857. The average molecular weight is 312 g/mol. The summed E-state index contributed by atoms with van der Waals surface area (Å²) in [5.41, 5.74) is 0. The van der Waals surface area contributed by atoms with Crippen LogP contribution in [0.2, 0.25) is 0 Å². The Morgan fingerprint density at radius 2 is 1.76 bits per heavy atom. The molecule has 1 unspecified atom stereocenters. The highest BCUT2D eigenvalue weighted by atomic mass is 35.5. The number of alkyl halides is 2. The molecule has 0 aromatic rings. The number of carbonyl (C=O) groups is 1. The molecule has 0 amide bonds. The molecule has 0 fully saturated rings. The molecule has 17 heavy (non-hydrogen) atoms. The molecule has 1 atom stereocenters. The number of phosphoric acid groups is 1. The quantitative estimate of drug-likeness (QED) is 0.442. The first kappa shape index (κ1) is 19.5. The Hall–Kier alpha value is 0.120. The first-order valence-electron chi connectivity index (χ1n) is 4.27. The van der Waals surface area contributed by atoms with Crippen LogP contribution in [0.4, 0.5) is 0 Å². The monoisotopic (exact) mass is 311 g/mol. The summed E-state index contributed by atoms with van der Waals surface area (Å²) in [5.74, 6) is -0.833. The average Bonchev–Trinajstić information content (AvgIpc) is 1.68. The minimum Gasteiger partial charge on any atom is -0.756 e. The molecule has 0 aromatic heterocycles. The van der Waals surface area contributed by atoms with Crippen LogP contribution in [0.3, 0.4) is 0 Å². The maximum Gasteiger partial charge on any atom is 0.300 e. The molecule has 0 spiro atoms.